The minimum Gasteiger partial charge on any atom is -0.350 e. The van der Waals surface area contributed by atoms with Gasteiger partial charge in [-0.3, -0.25) is 4.79 Å². The summed E-state index contributed by atoms with van der Waals surface area (Å²) in [6.45, 7) is 6.96. The predicted molar refractivity (Wildman–Crippen MR) is 78.1 cm³/mol. The van der Waals surface area contributed by atoms with Crippen LogP contribution in [-0.4, -0.2) is 24.0 Å². The van der Waals surface area contributed by atoms with E-state index in [0.29, 0.717) is 24.8 Å². The lowest BCUT2D eigenvalue weighted by Gasteiger charge is -2.27. The van der Waals surface area contributed by atoms with E-state index in [-0.39, 0.29) is 5.91 Å². The molecular weight excluding hydrogens is 258 g/mol. The molecule has 1 aliphatic heterocycles. The highest BCUT2D eigenvalue weighted by atomic mass is 32.1. The molecule has 1 fully saturated rings. The maximum absolute atomic E-state index is 11.9. The Morgan fingerprint density at radius 1 is 1.68 bits per heavy atom. The van der Waals surface area contributed by atoms with Crippen molar-refractivity contribution in [2.45, 2.75) is 39.7 Å². The van der Waals surface area contributed by atoms with Crippen molar-refractivity contribution < 1.29 is 4.79 Å². The zero-order valence-electron chi connectivity index (χ0n) is 11.7. The molecule has 1 aliphatic rings. The Labute approximate surface area is 119 Å². The Kier molecular flexibility index (Phi) is 5.34. The normalized spacial score (nSPS) is 21.1. The Morgan fingerprint density at radius 3 is 3.16 bits per heavy atom. The molecule has 2 heterocycles. The highest BCUT2D eigenvalue weighted by molar-refractivity contribution is 7.11. The van der Waals surface area contributed by atoms with Crippen LogP contribution in [0.1, 0.15) is 36.1 Å². The SMILES string of the molecule is Cc1cnc(CNC(=O)CC(C)C2CCCNC2)s1. The first-order chi connectivity index (χ1) is 9.15. The summed E-state index contributed by atoms with van der Waals surface area (Å²) in [5, 5.41) is 7.36. The van der Waals surface area contributed by atoms with Gasteiger partial charge in [-0.15, -0.1) is 11.3 Å². The van der Waals surface area contributed by atoms with Crippen molar-refractivity contribution in [2.24, 2.45) is 11.8 Å². The first kappa shape index (κ1) is 14.5. The van der Waals surface area contributed by atoms with E-state index in [4.69, 9.17) is 0 Å². The first-order valence-corrected chi connectivity index (χ1v) is 7.85. The van der Waals surface area contributed by atoms with Gasteiger partial charge in [-0.2, -0.15) is 0 Å². The molecule has 2 unspecified atom stereocenters. The minimum absolute atomic E-state index is 0.144. The number of nitrogens with one attached hydrogen (secondary N) is 2. The molecule has 0 aromatic carbocycles. The fourth-order valence-corrected chi connectivity index (χ4v) is 3.28. The van der Waals surface area contributed by atoms with Crippen LogP contribution < -0.4 is 10.6 Å². The van der Waals surface area contributed by atoms with E-state index in [9.17, 15) is 4.79 Å². The summed E-state index contributed by atoms with van der Waals surface area (Å²) < 4.78 is 0. The Balaban J connectivity index is 1.71. The van der Waals surface area contributed by atoms with Gasteiger partial charge in [-0.1, -0.05) is 6.92 Å². The molecular formula is C14H23N3OS. The second-order valence-electron chi connectivity index (χ2n) is 5.43. The van der Waals surface area contributed by atoms with E-state index in [2.05, 4.69) is 22.5 Å². The highest BCUT2D eigenvalue weighted by Crippen LogP contribution is 2.22. The monoisotopic (exact) mass is 281 g/mol. The number of nitrogens with zero attached hydrogens (tertiary/aromatic N) is 1. The second kappa shape index (κ2) is 7.01. The third-order valence-corrected chi connectivity index (χ3v) is 4.67. The summed E-state index contributed by atoms with van der Waals surface area (Å²) >= 11 is 1.64. The quantitative estimate of drug-likeness (QED) is 0.869. The van der Waals surface area contributed by atoms with Crippen LogP contribution in [0.15, 0.2) is 6.20 Å². The van der Waals surface area contributed by atoms with Crippen LogP contribution in [0.3, 0.4) is 0 Å². The number of hydrogen-bond acceptors (Lipinski definition) is 4. The topological polar surface area (TPSA) is 54.0 Å². The van der Waals surface area contributed by atoms with Gasteiger partial charge in [0.15, 0.2) is 0 Å². The average molecular weight is 281 g/mol. The fraction of sp³-hybridized carbons (Fsp3) is 0.714. The molecule has 19 heavy (non-hydrogen) atoms. The number of amides is 1. The van der Waals surface area contributed by atoms with Crippen LogP contribution in [0, 0.1) is 18.8 Å². The number of carbonyl (C=O) groups is 1. The van der Waals surface area contributed by atoms with E-state index in [0.717, 1.165) is 18.1 Å². The third-order valence-electron chi connectivity index (χ3n) is 3.75. The summed E-state index contributed by atoms with van der Waals surface area (Å²) in [7, 11) is 0. The van der Waals surface area contributed by atoms with Crippen molar-refractivity contribution in [3.05, 3.63) is 16.1 Å². The maximum Gasteiger partial charge on any atom is 0.220 e. The van der Waals surface area contributed by atoms with Gasteiger partial charge in [0.25, 0.3) is 0 Å². The van der Waals surface area contributed by atoms with Gasteiger partial charge in [0.1, 0.15) is 5.01 Å². The van der Waals surface area contributed by atoms with Crippen LogP contribution in [0.2, 0.25) is 0 Å². The summed E-state index contributed by atoms with van der Waals surface area (Å²) in [6.07, 6.45) is 4.95. The average Bonchev–Trinajstić information content (AvgIpc) is 2.83. The van der Waals surface area contributed by atoms with Crippen LogP contribution in [-0.2, 0) is 11.3 Å². The van der Waals surface area contributed by atoms with Crippen molar-refractivity contribution in [2.75, 3.05) is 13.1 Å². The first-order valence-electron chi connectivity index (χ1n) is 7.04. The lowest BCUT2D eigenvalue weighted by molar-refractivity contribution is -0.122. The molecule has 4 nitrogen and oxygen atoms in total. The Morgan fingerprint density at radius 2 is 2.53 bits per heavy atom. The van der Waals surface area contributed by atoms with Crippen LogP contribution >= 0.6 is 11.3 Å². The fourth-order valence-electron chi connectivity index (χ4n) is 2.55. The van der Waals surface area contributed by atoms with Crippen molar-refractivity contribution >= 4 is 17.2 Å². The summed E-state index contributed by atoms with van der Waals surface area (Å²) in [5.74, 6) is 1.23. The number of rotatable bonds is 5. The molecule has 1 aromatic rings. The summed E-state index contributed by atoms with van der Waals surface area (Å²) in [5.41, 5.74) is 0. The van der Waals surface area contributed by atoms with Gasteiger partial charge < -0.3 is 10.6 Å². The van der Waals surface area contributed by atoms with Gasteiger partial charge >= 0.3 is 0 Å². The smallest absolute Gasteiger partial charge is 0.220 e. The lowest BCUT2D eigenvalue weighted by Crippen LogP contribution is -2.35. The Bertz CT molecular complexity index is 413. The summed E-state index contributed by atoms with van der Waals surface area (Å²) in [6, 6.07) is 0. The number of aryl methyl sites for hydroxylation is 1. The number of piperidine rings is 1. The molecule has 1 saturated heterocycles. The van der Waals surface area contributed by atoms with Crippen molar-refractivity contribution in [3.8, 4) is 0 Å². The minimum atomic E-state index is 0.144. The lowest BCUT2D eigenvalue weighted by atomic mass is 9.85. The maximum atomic E-state index is 11.9. The number of hydrogen-bond donors (Lipinski definition) is 2. The van der Waals surface area contributed by atoms with Gasteiger partial charge in [-0.25, -0.2) is 4.98 Å². The van der Waals surface area contributed by atoms with E-state index in [1.54, 1.807) is 11.3 Å². The van der Waals surface area contributed by atoms with Crippen LogP contribution in [0.5, 0.6) is 0 Å². The summed E-state index contributed by atoms with van der Waals surface area (Å²) in [4.78, 5) is 17.4. The molecule has 1 aromatic heterocycles. The largest absolute Gasteiger partial charge is 0.350 e. The highest BCUT2D eigenvalue weighted by Gasteiger charge is 2.21. The molecule has 106 valence electrons. The van der Waals surface area contributed by atoms with Crippen LogP contribution in [0.25, 0.3) is 0 Å². The zero-order chi connectivity index (χ0) is 13.7. The van der Waals surface area contributed by atoms with Gasteiger partial charge in [0.05, 0.1) is 6.54 Å². The molecule has 0 bridgehead atoms. The van der Waals surface area contributed by atoms with Crippen molar-refractivity contribution in [3.63, 3.8) is 0 Å². The zero-order valence-corrected chi connectivity index (χ0v) is 12.6. The van der Waals surface area contributed by atoms with Crippen molar-refractivity contribution in [1.29, 1.82) is 0 Å². The Hall–Kier alpha value is -0.940. The molecule has 1 amide bonds. The van der Waals surface area contributed by atoms with E-state index in [1.165, 1.54) is 17.7 Å². The molecule has 5 heteroatoms. The van der Waals surface area contributed by atoms with E-state index in [1.807, 2.05) is 13.1 Å². The second-order valence-corrected chi connectivity index (χ2v) is 6.75. The molecule has 0 radical (unpaired) electrons. The molecule has 0 spiro atoms. The third kappa shape index (κ3) is 4.58. The van der Waals surface area contributed by atoms with Gasteiger partial charge in [0, 0.05) is 17.5 Å². The van der Waals surface area contributed by atoms with Gasteiger partial charge in [0.2, 0.25) is 5.91 Å². The number of aromatic nitrogens is 1. The molecule has 0 aliphatic carbocycles. The predicted octanol–water partition coefficient (Wildman–Crippen LogP) is 2.09. The van der Waals surface area contributed by atoms with E-state index < -0.39 is 0 Å². The van der Waals surface area contributed by atoms with E-state index >= 15 is 0 Å². The molecule has 0 saturated carbocycles. The van der Waals surface area contributed by atoms with Crippen molar-refractivity contribution in [1.82, 2.24) is 15.6 Å². The molecule has 2 atom stereocenters. The standard InChI is InChI=1S/C14H23N3OS/c1-10(12-4-3-5-15-8-12)6-13(18)16-9-14-17-7-11(2)19-14/h7,10,12,15H,3-6,8-9H2,1-2H3,(H,16,18). The number of carbonyl (C=O) groups excluding carboxylic acids is 1. The van der Waals surface area contributed by atoms with Crippen LogP contribution in [0.4, 0.5) is 0 Å². The molecule has 2 N–H and O–H groups in total. The number of thiazole rings is 1. The molecule has 2 rings (SSSR count). The van der Waals surface area contributed by atoms with Gasteiger partial charge in [-0.05, 0) is 44.7 Å².